The van der Waals surface area contributed by atoms with Crippen LogP contribution in [0, 0.1) is 0 Å². The number of carbonyl (C=O) groups is 1. The topological polar surface area (TPSA) is 87.0 Å². The number of esters is 1. The molecule has 22 heavy (non-hydrogen) atoms. The number of methoxy groups -OCH3 is 1. The summed E-state index contributed by atoms with van der Waals surface area (Å²) in [4.78, 5) is 24.1. The van der Waals surface area contributed by atoms with Gasteiger partial charge in [-0.2, -0.15) is 0 Å². The first-order valence-electron chi connectivity index (χ1n) is 6.65. The van der Waals surface area contributed by atoms with E-state index in [-0.39, 0.29) is 19.0 Å². The molecule has 0 saturated carbocycles. The molecule has 0 bridgehead atoms. The van der Waals surface area contributed by atoms with Gasteiger partial charge < -0.3 is 23.9 Å². The molecule has 7 heteroatoms. The van der Waals surface area contributed by atoms with Crippen LogP contribution >= 0.6 is 0 Å². The van der Waals surface area contributed by atoms with Gasteiger partial charge in [-0.05, 0) is 25.1 Å². The van der Waals surface area contributed by atoms with E-state index in [1.807, 2.05) is 0 Å². The van der Waals surface area contributed by atoms with Crippen LogP contribution < -0.4 is 10.3 Å². The SMILES string of the molecule is CCOC(=O)c1c(O)c2cc(OCOC)ccc2n(C)c1=O. The summed E-state index contributed by atoms with van der Waals surface area (Å²) in [5, 5.41) is 10.6. The van der Waals surface area contributed by atoms with Crippen molar-refractivity contribution >= 4 is 16.9 Å². The van der Waals surface area contributed by atoms with Gasteiger partial charge in [0.25, 0.3) is 5.56 Å². The fourth-order valence-corrected chi connectivity index (χ4v) is 2.11. The highest BCUT2D eigenvalue weighted by Gasteiger charge is 2.22. The van der Waals surface area contributed by atoms with Gasteiger partial charge in [0.05, 0.1) is 12.1 Å². The third kappa shape index (κ3) is 2.75. The van der Waals surface area contributed by atoms with E-state index >= 15 is 0 Å². The van der Waals surface area contributed by atoms with E-state index in [1.165, 1.54) is 24.8 Å². The average molecular weight is 307 g/mol. The second kappa shape index (κ2) is 6.48. The Hall–Kier alpha value is -2.54. The van der Waals surface area contributed by atoms with Crippen LogP contribution in [-0.4, -0.2) is 36.2 Å². The summed E-state index contributed by atoms with van der Waals surface area (Å²) in [6.07, 6.45) is 0. The van der Waals surface area contributed by atoms with Crippen molar-refractivity contribution in [1.82, 2.24) is 4.57 Å². The van der Waals surface area contributed by atoms with E-state index in [4.69, 9.17) is 14.2 Å². The number of hydrogen-bond acceptors (Lipinski definition) is 6. The molecule has 0 radical (unpaired) electrons. The van der Waals surface area contributed by atoms with Gasteiger partial charge in [-0.1, -0.05) is 0 Å². The third-order valence-electron chi connectivity index (χ3n) is 3.16. The highest BCUT2D eigenvalue weighted by atomic mass is 16.7. The minimum atomic E-state index is -0.856. The molecule has 2 aromatic rings. The molecule has 1 N–H and O–H groups in total. The number of nitrogens with zero attached hydrogens (tertiary/aromatic N) is 1. The van der Waals surface area contributed by atoms with E-state index in [1.54, 1.807) is 19.1 Å². The van der Waals surface area contributed by atoms with E-state index in [9.17, 15) is 14.7 Å². The lowest BCUT2D eigenvalue weighted by atomic mass is 10.1. The molecule has 0 unspecified atom stereocenters. The van der Waals surface area contributed by atoms with Crippen molar-refractivity contribution in [1.29, 1.82) is 0 Å². The monoisotopic (exact) mass is 307 g/mol. The quantitative estimate of drug-likeness (QED) is 0.664. The molecule has 0 spiro atoms. The van der Waals surface area contributed by atoms with Gasteiger partial charge >= 0.3 is 5.97 Å². The fourth-order valence-electron chi connectivity index (χ4n) is 2.11. The molecule has 1 heterocycles. The van der Waals surface area contributed by atoms with Gasteiger partial charge in [-0.15, -0.1) is 0 Å². The predicted octanol–water partition coefficient (Wildman–Crippen LogP) is 1.40. The first-order valence-corrected chi connectivity index (χ1v) is 6.65. The van der Waals surface area contributed by atoms with Gasteiger partial charge in [0.2, 0.25) is 0 Å². The van der Waals surface area contributed by atoms with Crippen LogP contribution in [0.25, 0.3) is 10.9 Å². The fraction of sp³-hybridized carbons (Fsp3) is 0.333. The van der Waals surface area contributed by atoms with Crippen LogP contribution in [-0.2, 0) is 16.5 Å². The lowest BCUT2D eigenvalue weighted by Gasteiger charge is -2.12. The number of carbonyl (C=O) groups excluding carboxylic acids is 1. The summed E-state index contributed by atoms with van der Waals surface area (Å²) in [6.45, 7) is 1.77. The van der Waals surface area contributed by atoms with Crippen LogP contribution in [0.2, 0.25) is 0 Å². The predicted molar refractivity (Wildman–Crippen MR) is 79.3 cm³/mol. The number of benzene rings is 1. The van der Waals surface area contributed by atoms with E-state index in [0.29, 0.717) is 16.7 Å². The van der Waals surface area contributed by atoms with Crippen LogP contribution in [0.1, 0.15) is 17.3 Å². The number of aryl methyl sites for hydroxylation is 1. The van der Waals surface area contributed by atoms with Crippen molar-refractivity contribution in [3.8, 4) is 11.5 Å². The molecular formula is C15H17NO6. The van der Waals surface area contributed by atoms with Gasteiger partial charge in [-0.25, -0.2) is 4.79 Å². The number of pyridine rings is 1. The van der Waals surface area contributed by atoms with Crippen molar-refractivity contribution in [2.45, 2.75) is 6.92 Å². The number of rotatable bonds is 5. The summed E-state index contributed by atoms with van der Waals surface area (Å²) >= 11 is 0. The van der Waals surface area contributed by atoms with Crippen molar-refractivity contribution in [2.24, 2.45) is 7.05 Å². The Bertz CT molecular complexity index is 765. The van der Waals surface area contributed by atoms with Crippen LogP contribution in [0.4, 0.5) is 0 Å². The minimum Gasteiger partial charge on any atom is -0.506 e. The third-order valence-corrected chi connectivity index (χ3v) is 3.16. The maximum Gasteiger partial charge on any atom is 0.347 e. The lowest BCUT2D eigenvalue weighted by molar-refractivity contribution is 0.0509. The molecule has 0 atom stereocenters. The molecule has 0 aliphatic rings. The molecule has 1 aromatic heterocycles. The number of ether oxygens (including phenoxy) is 3. The Labute approximate surface area is 126 Å². The second-order valence-electron chi connectivity index (χ2n) is 4.54. The molecule has 118 valence electrons. The molecule has 0 amide bonds. The van der Waals surface area contributed by atoms with Gasteiger partial charge in [0, 0.05) is 19.5 Å². The first-order chi connectivity index (χ1) is 10.5. The molecule has 0 saturated heterocycles. The second-order valence-corrected chi connectivity index (χ2v) is 4.54. The van der Waals surface area contributed by atoms with Crippen LogP contribution in [0.15, 0.2) is 23.0 Å². The Morgan fingerprint density at radius 1 is 1.36 bits per heavy atom. The molecule has 2 rings (SSSR count). The van der Waals surface area contributed by atoms with Crippen LogP contribution in [0.5, 0.6) is 11.5 Å². The number of aromatic hydroxyl groups is 1. The highest BCUT2D eigenvalue weighted by molar-refractivity contribution is 5.99. The van der Waals surface area contributed by atoms with Crippen LogP contribution in [0.3, 0.4) is 0 Å². The summed E-state index contributed by atoms with van der Waals surface area (Å²) in [5.41, 5.74) is -0.532. The van der Waals surface area contributed by atoms with Crippen molar-refractivity contribution in [3.05, 3.63) is 34.1 Å². The number of aromatic nitrogens is 1. The van der Waals surface area contributed by atoms with Crippen molar-refractivity contribution in [2.75, 3.05) is 20.5 Å². The zero-order chi connectivity index (χ0) is 16.3. The maximum absolute atomic E-state index is 12.2. The molecule has 7 nitrogen and oxygen atoms in total. The van der Waals surface area contributed by atoms with E-state index < -0.39 is 17.3 Å². The first kappa shape index (κ1) is 15.8. The Balaban J connectivity index is 2.67. The average Bonchev–Trinajstić information content (AvgIpc) is 2.51. The maximum atomic E-state index is 12.2. The smallest absolute Gasteiger partial charge is 0.347 e. The highest BCUT2D eigenvalue weighted by Crippen LogP contribution is 2.29. The number of hydrogen-bond donors (Lipinski definition) is 1. The molecule has 0 aliphatic carbocycles. The van der Waals surface area contributed by atoms with Gasteiger partial charge in [0.1, 0.15) is 11.5 Å². The van der Waals surface area contributed by atoms with Crippen molar-refractivity contribution < 1.29 is 24.1 Å². The summed E-state index contributed by atoms with van der Waals surface area (Å²) < 4.78 is 16.2. The summed E-state index contributed by atoms with van der Waals surface area (Å²) in [6, 6.07) is 4.80. The molecule has 1 aromatic carbocycles. The Morgan fingerprint density at radius 2 is 2.09 bits per heavy atom. The van der Waals surface area contributed by atoms with E-state index in [0.717, 1.165) is 0 Å². The molecule has 0 aliphatic heterocycles. The summed E-state index contributed by atoms with van der Waals surface area (Å²) in [7, 11) is 3.00. The summed E-state index contributed by atoms with van der Waals surface area (Å²) in [5.74, 6) is -0.830. The minimum absolute atomic E-state index is 0.0444. The molecular weight excluding hydrogens is 290 g/mol. The number of fused-ring (bicyclic) bond motifs is 1. The normalized spacial score (nSPS) is 10.7. The Kier molecular flexibility index (Phi) is 4.67. The Morgan fingerprint density at radius 3 is 2.73 bits per heavy atom. The zero-order valence-corrected chi connectivity index (χ0v) is 12.6. The molecule has 0 fully saturated rings. The largest absolute Gasteiger partial charge is 0.506 e. The van der Waals surface area contributed by atoms with Gasteiger partial charge in [-0.3, -0.25) is 4.79 Å². The van der Waals surface area contributed by atoms with Gasteiger partial charge in [0.15, 0.2) is 12.4 Å². The van der Waals surface area contributed by atoms with E-state index in [2.05, 4.69) is 0 Å². The standard InChI is InChI=1S/C15H17NO6/c1-4-21-15(19)12-13(17)10-7-9(22-8-20-3)5-6-11(10)16(2)14(12)18/h5-7,17H,4,8H2,1-3H3. The zero-order valence-electron chi connectivity index (χ0n) is 12.6. The van der Waals surface area contributed by atoms with Crippen molar-refractivity contribution in [3.63, 3.8) is 0 Å². The lowest BCUT2D eigenvalue weighted by Crippen LogP contribution is -2.26.